The lowest BCUT2D eigenvalue weighted by molar-refractivity contribution is 0.0930. The van der Waals surface area contributed by atoms with Gasteiger partial charge in [-0.25, -0.2) is 4.98 Å². The van der Waals surface area contributed by atoms with Crippen molar-refractivity contribution in [1.29, 1.82) is 0 Å². The van der Waals surface area contributed by atoms with E-state index in [1.807, 2.05) is 25.1 Å². The first-order valence-corrected chi connectivity index (χ1v) is 9.27. The third kappa shape index (κ3) is 3.17. The lowest BCUT2D eigenvalue weighted by Crippen LogP contribution is -2.59. The van der Waals surface area contributed by atoms with Crippen LogP contribution >= 0.6 is 34.7 Å². The summed E-state index contributed by atoms with van der Waals surface area (Å²) in [5.41, 5.74) is 2.45. The average Bonchev–Trinajstić information content (AvgIpc) is 2.93. The molecule has 1 aromatic carbocycles. The summed E-state index contributed by atoms with van der Waals surface area (Å²) in [7, 11) is 0. The number of halogens is 2. The number of anilines is 1. The largest absolute Gasteiger partial charge is 0.366 e. The molecule has 1 aliphatic heterocycles. The third-order valence-corrected chi connectivity index (χ3v) is 5.69. The van der Waals surface area contributed by atoms with Gasteiger partial charge < -0.3 is 10.2 Å². The fourth-order valence-electron chi connectivity index (χ4n) is 2.88. The van der Waals surface area contributed by atoms with Crippen LogP contribution in [0.4, 0.5) is 5.69 Å². The highest BCUT2D eigenvalue weighted by molar-refractivity contribution is 7.13. The van der Waals surface area contributed by atoms with Gasteiger partial charge in [-0.2, -0.15) is 4.37 Å². The number of aromatic nitrogens is 2. The van der Waals surface area contributed by atoms with E-state index in [-0.39, 0.29) is 11.9 Å². The summed E-state index contributed by atoms with van der Waals surface area (Å²) in [6, 6.07) is 7.50. The van der Waals surface area contributed by atoms with Crippen molar-refractivity contribution in [3.05, 3.63) is 51.9 Å². The van der Waals surface area contributed by atoms with Gasteiger partial charge in [-0.1, -0.05) is 23.2 Å². The number of fused-ring (bicyclic) bond motifs is 1. The van der Waals surface area contributed by atoms with Gasteiger partial charge in [-0.3, -0.25) is 4.79 Å². The lowest BCUT2D eigenvalue weighted by atomic mass is 10.1. The number of hydrogen-bond donors (Lipinski definition) is 1. The second-order valence-corrected chi connectivity index (χ2v) is 7.61. The Morgan fingerprint density at radius 3 is 2.92 bits per heavy atom. The van der Waals surface area contributed by atoms with Gasteiger partial charge in [0.15, 0.2) is 0 Å². The number of rotatable bonds is 3. The number of pyridine rings is 1. The van der Waals surface area contributed by atoms with Gasteiger partial charge in [0.25, 0.3) is 5.91 Å². The molecule has 4 rings (SSSR count). The quantitative estimate of drug-likeness (QED) is 0.686. The minimum atomic E-state index is -0.0731. The summed E-state index contributed by atoms with van der Waals surface area (Å²) in [5, 5.41) is 5.05. The first-order chi connectivity index (χ1) is 12.0. The zero-order chi connectivity index (χ0) is 17.6. The van der Waals surface area contributed by atoms with Gasteiger partial charge in [-0.05, 0) is 36.7 Å². The molecule has 25 heavy (non-hydrogen) atoms. The Hall–Kier alpha value is -1.89. The van der Waals surface area contributed by atoms with E-state index in [1.54, 1.807) is 6.07 Å². The van der Waals surface area contributed by atoms with Crippen molar-refractivity contribution >= 4 is 56.4 Å². The molecule has 0 atom stereocenters. The Bertz CT molecular complexity index is 968. The Morgan fingerprint density at radius 1 is 1.32 bits per heavy atom. The van der Waals surface area contributed by atoms with Gasteiger partial charge in [0.1, 0.15) is 5.15 Å². The number of nitrogens with zero attached hydrogens (tertiary/aromatic N) is 3. The molecule has 1 amide bonds. The molecule has 0 radical (unpaired) electrons. The van der Waals surface area contributed by atoms with Crippen LogP contribution in [0.25, 0.3) is 10.1 Å². The summed E-state index contributed by atoms with van der Waals surface area (Å²) in [6.07, 6.45) is 1.54. The highest BCUT2D eigenvalue weighted by atomic mass is 35.5. The molecule has 0 unspecified atom stereocenters. The average molecular weight is 393 g/mol. The van der Waals surface area contributed by atoms with E-state index in [0.29, 0.717) is 28.8 Å². The predicted octanol–water partition coefficient (Wildman–Crippen LogP) is 3.93. The standard InChI is InChI=1S/C17H14Cl2N4OS/c1-9-12-4-10(2-3-15(12)25-22-9)17(24)21-11-7-23(8-11)14-5-16(19)20-6-13(14)18/h2-6,11H,7-8H2,1H3,(H,21,24). The summed E-state index contributed by atoms with van der Waals surface area (Å²) in [4.78, 5) is 18.5. The van der Waals surface area contributed by atoms with Crippen molar-refractivity contribution in [2.24, 2.45) is 0 Å². The molecule has 2 aromatic heterocycles. The minimum Gasteiger partial charge on any atom is -0.366 e. The van der Waals surface area contributed by atoms with Crippen LogP contribution in [-0.4, -0.2) is 34.4 Å². The first kappa shape index (κ1) is 16.6. The molecular weight excluding hydrogens is 379 g/mol. The maximum absolute atomic E-state index is 12.5. The number of nitrogens with one attached hydrogen (secondary N) is 1. The maximum atomic E-state index is 12.5. The lowest BCUT2D eigenvalue weighted by Gasteiger charge is -2.41. The summed E-state index contributed by atoms with van der Waals surface area (Å²) < 4.78 is 5.41. The molecule has 3 aromatic rings. The van der Waals surface area contributed by atoms with Gasteiger partial charge in [0.05, 0.1) is 27.1 Å². The molecule has 0 saturated carbocycles. The summed E-state index contributed by atoms with van der Waals surface area (Å²) in [5.74, 6) is -0.0731. The van der Waals surface area contributed by atoms with E-state index >= 15 is 0 Å². The van der Waals surface area contributed by atoms with Crippen LogP contribution in [0.3, 0.4) is 0 Å². The molecule has 5 nitrogen and oxygen atoms in total. The fourth-order valence-corrected chi connectivity index (χ4v) is 4.02. The van der Waals surface area contributed by atoms with E-state index in [4.69, 9.17) is 23.2 Å². The van der Waals surface area contributed by atoms with Crippen molar-refractivity contribution in [3.8, 4) is 0 Å². The van der Waals surface area contributed by atoms with Crippen LogP contribution in [0.2, 0.25) is 10.2 Å². The molecule has 128 valence electrons. The van der Waals surface area contributed by atoms with Gasteiger partial charge in [0, 0.05) is 36.3 Å². The Balaban J connectivity index is 1.42. The van der Waals surface area contributed by atoms with Crippen molar-refractivity contribution in [2.45, 2.75) is 13.0 Å². The summed E-state index contributed by atoms with van der Waals surface area (Å²) in [6.45, 7) is 3.33. The Labute approximate surface area is 158 Å². The topological polar surface area (TPSA) is 58.1 Å². The number of carbonyl (C=O) groups is 1. The van der Waals surface area contributed by atoms with Gasteiger partial charge in [-0.15, -0.1) is 0 Å². The first-order valence-electron chi connectivity index (χ1n) is 7.74. The minimum absolute atomic E-state index is 0.0731. The molecule has 8 heteroatoms. The predicted molar refractivity (Wildman–Crippen MR) is 102 cm³/mol. The second kappa shape index (κ2) is 6.44. The molecule has 0 aliphatic carbocycles. The molecular formula is C17H14Cl2N4OS. The number of carbonyl (C=O) groups excluding carboxylic acids is 1. The van der Waals surface area contributed by atoms with Crippen LogP contribution in [0.15, 0.2) is 30.5 Å². The number of aryl methyl sites for hydroxylation is 1. The van der Waals surface area contributed by atoms with Crippen LogP contribution in [0, 0.1) is 6.92 Å². The third-order valence-electron chi connectivity index (χ3n) is 4.27. The maximum Gasteiger partial charge on any atom is 0.251 e. The van der Waals surface area contributed by atoms with Crippen molar-refractivity contribution in [1.82, 2.24) is 14.7 Å². The van der Waals surface area contributed by atoms with Crippen LogP contribution in [0.5, 0.6) is 0 Å². The zero-order valence-corrected chi connectivity index (χ0v) is 15.6. The van der Waals surface area contributed by atoms with Crippen LogP contribution < -0.4 is 10.2 Å². The van der Waals surface area contributed by atoms with Gasteiger partial charge >= 0.3 is 0 Å². The van der Waals surface area contributed by atoms with Crippen molar-refractivity contribution in [2.75, 3.05) is 18.0 Å². The molecule has 1 saturated heterocycles. The number of hydrogen-bond acceptors (Lipinski definition) is 5. The normalized spacial score (nSPS) is 14.6. The Morgan fingerprint density at radius 2 is 2.12 bits per heavy atom. The van der Waals surface area contributed by atoms with E-state index < -0.39 is 0 Å². The summed E-state index contributed by atoms with van der Waals surface area (Å²) >= 11 is 13.5. The van der Waals surface area contributed by atoms with E-state index in [1.165, 1.54) is 17.7 Å². The smallest absolute Gasteiger partial charge is 0.251 e. The van der Waals surface area contributed by atoms with E-state index in [0.717, 1.165) is 21.5 Å². The van der Waals surface area contributed by atoms with Crippen molar-refractivity contribution in [3.63, 3.8) is 0 Å². The molecule has 1 fully saturated rings. The van der Waals surface area contributed by atoms with E-state index in [2.05, 4.69) is 19.6 Å². The Kier molecular flexibility index (Phi) is 4.27. The van der Waals surface area contributed by atoms with Crippen molar-refractivity contribution < 1.29 is 4.79 Å². The molecule has 0 bridgehead atoms. The van der Waals surface area contributed by atoms with Crippen LogP contribution in [0.1, 0.15) is 16.1 Å². The van der Waals surface area contributed by atoms with Gasteiger partial charge in [0.2, 0.25) is 0 Å². The molecule has 1 N–H and O–H groups in total. The molecule has 0 spiro atoms. The highest BCUT2D eigenvalue weighted by Gasteiger charge is 2.30. The second-order valence-electron chi connectivity index (χ2n) is 6.01. The zero-order valence-electron chi connectivity index (χ0n) is 13.3. The SMILES string of the molecule is Cc1nsc2ccc(C(=O)NC3CN(c4cc(Cl)ncc4Cl)C3)cc12. The molecule has 1 aliphatic rings. The monoisotopic (exact) mass is 392 g/mol. The van der Waals surface area contributed by atoms with E-state index in [9.17, 15) is 4.79 Å². The highest BCUT2D eigenvalue weighted by Crippen LogP contribution is 2.30. The number of amides is 1. The molecule has 3 heterocycles. The fraction of sp³-hybridized carbons (Fsp3) is 0.235. The number of benzene rings is 1. The van der Waals surface area contributed by atoms with Crippen LogP contribution in [-0.2, 0) is 0 Å².